The van der Waals surface area contributed by atoms with Gasteiger partial charge in [0, 0.05) is 21.9 Å². The van der Waals surface area contributed by atoms with Gasteiger partial charge in [-0.25, -0.2) is 4.79 Å². The fourth-order valence-corrected chi connectivity index (χ4v) is 3.09. The number of halogens is 1. The van der Waals surface area contributed by atoms with Crippen molar-refractivity contribution in [2.75, 3.05) is 0 Å². The summed E-state index contributed by atoms with van der Waals surface area (Å²) in [5.41, 5.74) is 2.18. The number of fused-ring (bicyclic) bond motifs is 2. The Kier molecular flexibility index (Phi) is 3.66. The largest absolute Gasteiger partial charge is 0.423 e. The molecule has 0 aliphatic rings. The summed E-state index contributed by atoms with van der Waals surface area (Å²) in [6.07, 6.45) is 1.28. The molecule has 0 fully saturated rings. The molecule has 0 radical (unpaired) electrons. The lowest BCUT2D eigenvalue weighted by Crippen LogP contribution is -2.14. The molecule has 0 atom stereocenters. The van der Waals surface area contributed by atoms with Crippen molar-refractivity contribution in [3.8, 4) is 0 Å². The fourth-order valence-electron chi connectivity index (χ4n) is 2.93. The molecule has 25 heavy (non-hydrogen) atoms. The van der Waals surface area contributed by atoms with Crippen molar-refractivity contribution >= 4 is 33.5 Å². The Bertz CT molecular complexity index is 1240. The van der Waals surface area contributed by atoms with Gasteiger partial charge >= 0.3 is 5.63 Å². The minimum absolute atomic E-state index is 0.136. The maximum atomic E-state index is 12.0. The molecular formula is C19H13ClN2O3. The average molecular weight is 353 g/mol. The number of nitrogens with zero attached hydrogens (tertiary/aromatic N) is 2. The third-order valence-corrected chi connectivity index (χ3v) is 4.60. The van der Waals surface area contributed by atoms with E-state index in [0.29, 0.717) is 28.1 Å². The second kappa shape index (κ2) is 5.86. The van der Waals surface area contributed by atoms with Crippen LogP contribution < -0.4 is 11.1 Å². The highest BCUT2D eigenvalue weighted by Gasteiger charge is 2.11. The predicted octanol–water partition coefficient (Wildman–Crippen LogP) is 3.51. The highest BCUT2D eigenvalue weighted by atomic mass is 35.5. The molecule has 5 nitrogen and oxygen atoms in total. The number of para-hydroxylation sites is 1. The van der Waals surface area contributed by atoms with Gasteiger partial charge in [-0.2, -0.15) is 5.10 Å². The zero-order valence-electron chi connectivity index (χ0n) is 13.3. The van der Waals surface area contributed by atoms with Crippen molar-refractivity contribution < 1.29 is 4.42 Å². The predicted molar refractivity (Wildman–Crippen MR) is 97.3 cm³/mol. The number of hydrogen-bond donors (Lipinski definition) is 0. The van der Waals surface area contributed by atoms with Crippen LogP contribution in [0, 0.1) is 6.92 Å². The monoisotopic (exact) mass is 352 g/mol. The maximum Gasteiger partial charge on any atom is 0.336 e. The molecule has 4 rings (SSSR count). The number of aryl methyl sites for hydroxylation is 1. The van der Waals surface area contributed by atoms with Gasteiger partial charge < -0.3 is 4.42 Å². The van der Waals surface area contributed by atoms with Crippen molar-refractivity contribution in [3.63, 3.8) is 0 Å². The molecule has 124 valence electrons. The van der Waals surface area contributed by atoms with E-state index in [-0.39, 0.29) is 5.43 Å². The normalized spacial score (nSPS) is 11.3. The maximum absolute atomic E-state index is 12.0. The summed E-state index contributed by atoms with van der Waals surface area (Å²) < 4.78 is 6.98. The zero-order chi connectivity index (χ0) is 17.6. The Morgan fingerprint density at radius 2 is 1.92 bits per heavy atom. The first-order valence-electron chi connectivity index (χ1n) is 7.71. The first-order chi connectivity index (χ1) is 12.0. The molecule has 4 aromatic rings. The quantitative estimate of drug-likeness (QED) is 0.518. The molecule has 0 N–H and O–H groups in total. The fraction of sp³-hybridized carbons (Fsp3) is 0.105. The van der Waals surface area contributed by atoms with Gasteiger partial charge in [-0.1, -0.05) is 23.7 Å². The SMILES string of the molecule is Cc1cc2oc(=O)cc(Cn3ncc(=O)c4ccccc43)c2cc1Cl. The summed E-state index contributed by atoms with van der Waals surface area (Å²) in [4.78, 5) is 23.9. The van der Waals surface area contributed by atoms with Gasteiger partial charge in [0.25, 0.3) is 0 Å². The van der Waals surface area contributed by atoms with Crippen molar-refractivity contribution in [3.05, 3.63) is 85.5 Å². The summed E-state index contributed by atoms with van der Waals surface area (Å²) in [6, 6.07) is 12.2. The molecule has 0 spiro atoms. The molecule has 0 amide bonds. The highest BCUT2D eigenvalue weighted by molar-refractivity contribution is 6.32. The van der Waals surface area contributed by atoms with Crippen LogP contribution in [0.2, 0.25) is 5.02 Å². The van der Waals surface area contributed by atoms with Gasteiger partial charge in [-0.3, -0.25) is 9.48 Å². The summed E-state index contributed by atoms with van der Waals surface area (Å²) in [5, 5.41) is 6.15. The smallest absolute Gasteiger partial charge is 0.336 e. The molecule has 0 saturated heterocycles. The van der Waals surface area contributed by atoms with E-state index in [2.05, 4.69) is 5.10 Å². The Labute approximate surface area is 147 Å². The molecule has 2 aromatic heterocycles. The average Bonchev–Trinajstić information content (AvgIpc) is 2.59. The van der Waals surface area contributed by atoms with Gasteiger partial charge in [0.2, 0.25) is 5.43 Å². The van der Waals surface area contributed by atoms with Gasteiger partial charge in [-0.15, -0.1) is 0 Å². The lowest BCUT2D eigenvalue weighted by atomic mass is 10.1. The van der Waals surface area contributed by atoms with E-state index in [4.69, 9.17) is 16.0 Å². The van der Waals surface area contributed by atoms with E-state index in [1.807, 2.05) is 25.1 Å². The number of benzene rings is 2. The number of hydrogen-bond acceptors (Lipinski definition) is 4. The Balaban J connectivity index is 1.95. The van der Waals surface area contributed by atoms with E-state index in [1.165, 1.54) is 12.3 Å². The minimum atomic E-state index is -0.436. The second-order valence-electron chi connectivity index (χ2n) is 5.87. The van der Waals surface area contributed by atoms with Crippen molar-refractivity contribution in [2.24, 2.45) is 0 Å². The topological polar surface area (TPSA) is 65.1 Å². The van der Waals surface area contributed by atoms with Gasteiger partial charge in [-0.05, 0) is 42.3 Å². The van der Waals surface area contributed by atoms with Crippen LogP contribution in [0.25, 0.3) is 21.9 Å². The van der Waals surface area contributed by atoms with Crippen LogP contribution in [0.15, 0.2) is 62.7 Å². The van der Waals surface area contributed by atoms with E-state index in [9.17, 15) is 9.59 Å². The first-order valence-corrected chi connectivity index (χ1v) is 8.08. The van der Waals surface area contributed by atoms with Crippen LogP contribution in [0.3, 0.4) is 0 Å². The Hall–Kier alpha value is -2.92. The Morgan fingerprint density at radius 1 is 1.12 bits per heavy atom. The number of rotatable bonds is 2. The lowest BCUT2D eigenvalue weighted by molar-refractivity contribution is 0.556. The van der Waals surface area contributed by atoms with Crippen LogP contribution in [-0.2, 0) is 6.54 Å². The standard InChI is InChI=1S/C19H13ClN2O3/c1-11-6-18-14(8-15(11)20)12(7-19(24)25-18)10-22-16-5-3-2-4-13(16)17(23)9-21-22/h2-9H,10H2,1H3. The third-order valence-electron chi connectivity index (χ3n) is 4.19. The molecule has 0 aliphatic heterocycles. The van der Waals surface area contributed by atoms with E-state index >= 15 is 0 Å². The van der Waals surface area contributed by atoms with E-state index in [0.717, 1.165) is 16.5 Å². The minimum Gasteiger partial charge on any atom is -0.423 e. The third kappa shape index (κ3) is 2.72. The summed E-state index contributed by atoms with van der Waals surface area (Å²) in [5.74, 6) is 0. The summed E-state index contributed by atoms with van der Waals surface area (Å²) >= 11 is 6.23. The first kappa shape index (κ1) is 15.6. The number of aromatic nitrogens is 2. The van der Waals surface area contributed by atoms with Crippen LogP contribution >= 0.6 is 11.6 Å². The van der Waals surface area contributed by atoms with Crippen LogP contribution in [0.5, 0.6) is 0 Å². The van der Waals surface area contributed by atoms with Crippen molar-refractivity contribution in [1.29, 1.82) is 0 Å². The molecule has 6 heteroatoms. The van der Waals surface area contributed by atoms with Crippen LogP contribution in [0.1, 0.15) is 11.1 Å². The van der Waals surface area contributed by atoms with Gasteiger partial charge in [0.1, 0.15) is 5.58 Å². The van der Waals surface area contributed by atoms with E-state index in [1.54, 1.807) is 22.9 Å². The Morgan fingerprint density at radius 3 is 2.76 bits per heavy atom. The molecule has 0 bridgehead atoms. The van der Waals surface area contributed by atoms with Gasteiger partial charge in [0.05, 0.1) is 18.3 Å². The zero-order valence-corrected chi connectivity index (χ0v) is 14.1. The lowest BCUT2D eigenvalue weighted by Gasteiger charge is -2.11. The molecule has 0 saturated carbocycles. The van der Waals surface area contributed by atoms with E-state index < -0.39 is 5.63 Å². The molecule has 2 heterocycles. The van der Waals surface area contributed by atoms with Crippen molar-refractivity contribution in [1.82, 2.24) is 9.78 Å². The van der Waals surface area contributed by atoms with Crippen LogP contribution in [0.4, 0.5) is 0 Å². The molecule has 0 aliphatic carbocycles. The molecular weight excluding hydrogens is 340 g/mol. The van der Waals surface area contributed by atoms with Crippen molar-refractivity contribution in [2.45, 2.75) is 13.5 Å². The molecule has 0 unspecified atom stereocenters. The summed E-state index contributed by atoms with van der Waals surface area (Å²) in [7, 11) is 0. The molecule has 2 aromatic carbocycles. The van der Waals surface area contributed by atoms with Crippen LogP contribution in [-0.4, -0.2) is 9.78 Å². The highest BCUT2D eigenvalue weighted by Crippen LogP contribution is 2.26. The summed E-state index contributed by atoms with van der Waals surface area (Å²) in [6.45, 7) is 2.17. The second-order valence-corrected chi connectivity index (χ2v) is 6.28. The van der Waals surface area contributed by atoms with Gasteiger partial charge in [0.15, 0.2) is 0 Å².